The second kappa shape index (κ2) is 4.92. The first-order chi connectivity index (χ1) is 8.86. The van der Waals surface area contributed by atoms with Gasteiger partial charge < -0.3 is 10.1 Å². The highest BCUT2D eigenvalue weighted by Gasteiger charge is 2.27. The molecule has 2 rings (SSSR count). The standard InChI is InChI=1S/C12H17N3O3S/c1-12(2,5-7-16)15-19(17,18)10-8-14-11-9(10)4-3-6-13-11/h3-4,6,8,15-16H,5,7H2,1-2H3,(H,13,14). The summed E-state index contributed by atoms with van der Waals surface area (Å²) in [6.45, 7) is 3.38. The molecule has 0 aliphatic heterocycles. The second-order valence-corrected chi connectivity index (χ2v) is 6.67. The Hall–Kier alpha value is -1.44. The Morgan fingerprint density at radius 3 is 2.89 bits per heavy atom. The molecule has 2 heterocycles. The number of aliphatic hydroxyl groups is 1. The zero-order valence-electron chi connectivity index (χ0n) is 10.8. The average Bonchev–Trinajstić information content (AvgIpc) is 2.71. The van der Waals surface area contributed by atoms with Gasteiger partial charge in [-0.3, -0.25) is 0 Å². The summed E-state index contributed by atoms with van der Waals surface area (Å²) in [4.78, 5) is 7.06. The van der Waals surface area contributed by atoms with Gasteiger partial charge in [0.15, 0.2) is 0 Å². The lowest BCUT2D eigenvalue weighted by atomic mass is 10.0. The van der Waals surface area contributed by atoms with Crippen LogP contribution in [0.3, 0.4) is 0 Å². The highest BCUT2D eigenvalue weighted by Crippen LogP contribution is 2.22. The van der Waals surface area contributed by atoms with Crippen molar-refractivity contribution >= 4 is 21.1 Å². The Kier molecular flexibility index (Phi) is 3.62. The van der Waals surface area contributed by atoms with E-state index in [1.54, 1.807) is 32.2 Å². The van der Waals surface area contributed by atoms with Crippen LogP contribution in [0.25, 0.3) is 11.0 Å². The number of H-pyrrole nitrogens is 1. The first kappa shape index (κ1) is 14.0. The van der Waals surface area contributed by atoms with E-state index in [9.17, 15) is 8.42 Å². The molecule has 0 aromatic carbocycles. The molecule has 19 heavy (non-hydrogen) atoms. The van der Waals surface area contributed by atoms with Gasteiger partial charge in [-0.1, -0.05) is 0 Å². The van der Waals surface area contributed by atoms with Crippen LogP contribution in [-0.2, 0) is 10.0 Å². The van der Waals surface area contributed by atoms with Gasteiger partial charge in [0, 0.05) is 29.9 Å². The van der Waals surface area contributed by atoms with Crippen LogP contribution in [0.15, 0.2) is 29.4 Å². The summed E-state index contributed by atoms with van der Waals surface area (Å²) in [5.74, 6) is 0. The summed E-state index contributed by atoms with van der Waals surface area (Å²) < 4.78 is 27.3. The Labute approximate surface area is 111 Å². The number of nitrogens with one attached hydrogen (secondary N) is 2. The normalized spacial score (nSPS) is 13.0. The average molecular weight is 283 g/mol. The fourth-order valence-corrected chi connectivity index (χ4v) is 3.51. The van der Waals surface area contributed by atoms with E-state index >= 15 is 0 Å². The summed E-state index contributed by atoms with van der Waals surface area (Å²) in [5, 5.41) is 9.50. The van der Waals surface area contributed by atoms with Crippen LogP contribution in [-0.4, -0.2) is 35.6 Å². The minimum absolute atomic E-state index is 0.0784. The van der Waals surface area contributed by atoms with Crippen LogP contribution in [0.2, 0.25) is 0 Å². The predicted molar refractivity (Wildman–Crippen MR) is 72.2 cm³/mol. The van der Waals surface area contributed by atoms with E-state index < -0.39 is 15.6 Å². The zero-order chi connectivity index (χ0) is 14.1. The van der Waals surface area contributed by atoms with Crippen LogP contribution in [0.1, 0.15) is 20.3 Å². The number of pyridine rings is 1. The number of hydrogen-bond acceptors (Lipinski definition) is 4. The van der Waals surface area contributed by atoms with Gasteiger partial charge in [0.2, 0.25) is 10.0 Å². The molecule has 0 aliphatic rings. The number of aliphatic hydroxyl groups excluding tert-OH is 1. The number of fused-ring (bicyclic) bond motifs is 1. The maximum absolute atomic E-state index is 12.4. The quantitative estimate of drug-likeness (QED) is 0.763. The van der Waals surface area contributed by atoms with Crippen molar-refractivity contribution in [3.8, 4) is 0 Å². The minimum Gasteiger partial charge on any atom is -0.396 e. The van der Waals surface area contributed by atoms with Gasteiger partial charge in [-0.05, 0) is 32.4 Å². The van der Waals surface area contributed by atoms with Crippen LogP contribution in [0.4, 0.5) is 0 Å². The van der Waals surface area contributed by atoms with Gasteiger partial charge in [0.05, 0.1) is 0 Å². The fraction of sp³-hybridized carbons (Fsp3) is 0.417. The lowest BCUT2D eigenvalue weighted by Crippen LogP contribution is -2.43. The highest BCUT2D eigenvalue weighted by atomic mass is 32.2. The van der Waals surface area contributed by atoms with E-state index in [4.69, 9.17) is 5.11 Å². The van der Waals surface area contributed by atoms with Crippen molar-refractivity contribution in [3.05, 3.63) is 24.5 Å². The Morgan fingerprint density at radius 2 is 2.21 bits per heavy atom. The largest absolute Gasteiger partial charge is 0.396 e. The van der Waals surface area contributed by atoms with E-state index in [1.165, 1.54) is 6.20 Å². The molecule has 0 radical (unpaired) electrons. The summed E-state index contributed by atoms with van der Waals surface area (Å²) in [7, 11) is -3.66. The molecule has 2 aromatic heterocycles. The van der Waals surface area contributed by atoms with Crippen molar-refractivity contribution in [3.63, 3.8) is 0 Å². The van der Waals surface area contributed by atoms with Crippen LogP contribution < -0.4 is 4.72 Å². The minimum atomic E-state index is -3.66. The van der Waals surface area contributed by atoms with Crippen LogP contribution in [0.5, 0.6) is 0 Å². The van der Waals surface area contributed by atoms with Gasteiger partial charge in [-0.25, -0.2) is 18.1 Å². The molecule has 0 unspecified atom stereocenters. The molecule has 0 saturated heterocycles. The number of aromatic amines is 1. The lowest BCUT2D eigenvalue weighted by Gasteiger charge is -2.24. The Bertz CT molecular complexity index is 676. The molecule has 0 spiro atoms. The molecular formula is C12H17N3O3S. The molecule has 0 aliphatic carbocycles. The third kappa shape index (κ3) is 2.94. The van der Waals surface area contributed by atoms with Gasteiger partial charge in [-0.2, -0.15) is 0 Å². The van der Waals surface area contributed by atoms with Gasteiger partial charge in [-0.15, -0.1) is 0 Å². The Balaban J connectivity index is 2.40. The Morgan fingerprint density at radius 1 is 1.47 bits per heavy atom. The van der Waals surface area contributed by atoms with Crippen molar-refractivity contribution < 1.29 is 13.5 Å². The monoisotopic (exact) mass is 283 g/mol. The van der Waals surface area contributed by atoms with Gasteiger partial charge in [0.25, 0.3) is 0 Å². The summed E-state index contributed by atoms with van der Waals surface area (Å²) in [6.07, 6.45) is 3.36. The maximum Gasteiger partial charge on any atom is 0.243 e. The van der Waals surface area contributed by atoms with Crippen LogP contribution in [0, 0.1) is 0 Å². The lowest BCUT2D eigenvalue weighted by molar-refractivity contribution is 0.246. The summed E-state index contributed by atoms with van der Waals surface area (Å²) in [6, 6.07) is 3.39. The smallest absolute Gasteiger partial charge is 0.243 e. The molecule has 7 heteroatoms. The summed E-state index contributed by atoms with van der Waals surface area (Å²) >= 11 is 0. The summed E-state index contributed by atoms with van der Waals surface area (Å²) in [5.41, 5.74) is -0.179. The molecule has 0 atom stereocenters. The third-order valence-electron chi connectivity index (χ3n) is 2.85. The van der Waals surface area contributed by atoms with E-state index in [0.717, 1.165) is 0 Å². The van der Waals surface area contributed by atoms with Gasteiger partial charge >= 0.3 is 0 Å². The maximum atomic E-state index is 12.4. The SMILES string of the molecule is CC(C)(CCO)NS(=O)(=O)c1c[nH]c2ncccc12. The van der Waals surface area contributed by atoms with Crippen molar-refractivity contribution in [2.24, 2.45) is 0 Å². The molecule has 0 saturated carbocycles. The van der Waals surface area contributed by atoms with E-state index in [-0.39, 0.29) is 11.5 Å². The number of aromatic nitrogens is 2. The van der Waals surface area contributed by atoms with E-state index in [0.29, 0.717) is 17.5 Å². The molecule has 0 amide bonds. The molecule has 104 valence electrons. The van der Waals surface area contributed by atoms with Crippen LogP contribution >= 0.6 is 0 Å². The first-order valence-corrected chi connectivity index (χ1v) is 7.41. The number of sulfonamides is 1. The van der Waals surface area contributed by atoms with Crippen molar-refractivity contribution in [2.45, 2.75) is 30.7 Å². The van der Waals surface area contributed by atoms with E-state index in [2.05, 4.69) is 14.7 Å². The first-order valence-electron chi connectivity index (χ1n) is 5.93. The molecular weight excluding hydrogens is 266 g/mol. The molecule has 0 bridgehead atoms. The van der Waals surface area contributed by atoms with Crippen molar-refractivity contribution in [1.82, 2.24) is 14.7 Å². The fourth-order valence-electron chi connectivity index (χ4n) is 1.90. The number of rotatable bonds is 5. The number of nitrogens with zero attached hydrogens (tertiary/aromatic N) is 1. The zero-order valence-corrected chi connectivity index (χ0v) is 11.7. The molecule has 6 nitrogen and oxygen atoms in total. The second-order valence-electron chi connectivity index (χ2n) is 5.02. The molecule has 3 N–H and O–H groups in total. The third-order valence-corrected chi connectivity index (χ3v) is 4.59. The van der Waals surface area contributed by atoms with Crippen molar-refractivity contribution in [2.75, 3.05) is 6.61 Å². The predicted octanol–water partition coefficient (Wildman–Crippen LogP) is 1.00. The van der Waals surface area contributed by atoms with E-state index in [1.807, 2.05) is 0 Å². The highest BCUT2D eigenvalue weighted by molar-refractivity contribution is 7.89. The molecule has 2 aromatic rings. The topological polar surface area (TPSA) is 95.1 Å². The van der Waals surface area contributed by atoms with Gasteiger partial charge in [0.1, 0.15) is 10.5 Å². The molecule has 0 fully saturated rings. The number of hydrogen-bond donors (Lipinski definition) is 3. The van der Waals surface area contributed by atoms with Crippen molar-refractivity contribution in [1.29, 1.82) is 0 Å².